The predicted octanol–water partition coefficient (Wildman–Crippen LogP) is 3.48. The van der Waals surface area contributed by atoms with Crippen LogP contribution in [0.3, 0.4) is 0 Å². The average Bonchev–Trinajstić information content (AvgIpc) is 2.45. The molecule has 0 radical (unpaired) electrons. The van der Waals surface area contributed by atoms with Crippen molar-refractivity contribution in [3.8, 4) is 11.3 Å². The number of anilines is 1. The van der Waals surface area contributed by atoms with E-state index in [0.29, 0.717) is 19.0 Å². The van der Waals surface area contributed by atoms with Crippen LogP contribution in [0.4, 0.5) is 5.82 Å². The summed E-state index contributed by atoms with van der Waals surface area (Å²) >= 11 is 3.43. The maximum absolute atomic E-state index is 5.37. The van der Waals surface area contributed by atoms with E-state index in [-0.39, 0.29) is 0 Å². The third-order valence-corrected chi connectivity index (χ3v) is 3.13. The second kappa shape index (κ2) is 6.63. The largest absolute Gasteiger partial charge is 0.374 e. The molecule has 1 aromatic heterocycles. The number of hydrogen-bond donors (Lipinski definition) is 1. The van der Waals surface area contributed by atoms with Crippen LogP contribution in [0.25, 0.3) is 11.3 Å². The quantitative estimate of drug-likeness (QED) is 0.915. The molecule has 100 valence electrons. The van der Waals surface area contributed by atoms with E-state index in [9.17, 15) is 0 Å². The van der Waals surface area contributed by atoms with Crippen LogP contribution in [0.1, 0.15) is 12.7 Å². The number of nitrogens with one attached hydrogen (secondary N) is 1. The van der Waals surface area contributed by atoms with Crippen molar-refractivity contribution in [1.82, 2.24) is 9.97 Å². The second-order valence-electron chi connectivity index (χ2n) is 3.95. The van der Waals surface area contributed by atoms with Crippen LogP contribution in [0.5, 0.6) is 0 Å². The second-order valence-corrected chi connectivity index (χ2v) is 4.86. The molecule has 1 heterocycles. The summed E-state index contributed by atoms with van der Waals surface area (Å²) in [4.78, 5) is 8.90. The third kappa shape index (κ3) is 3.75. The summed E-state index contributed by atoms with van der Waals surface area (Å²) in [6.45, 7) is 3.04. The Bertz CT molecular complexity index is 543. The monoisotopic (exact) mass is 321 g/mol. The molecule has 0 saturated heterocycles. The van der Waals surface area contributed by atoms with Gasteiger partial charge in [0.05, 0.1) is 5.69 Å². The Morgan fingerprint density at radius 3 is 2.58 bits per heavy atom. The first-order chi connectivity index (χ1) is 9.22. The van der Waals surface area contributed by atoms with Crippen LogP contribution in [0.2, 0.25) is 0 Å². The van der Waals surface area contributed by atoms with Gasteiger partial charge in [0.15, 0.2) is 5.82 Å². The Balaban J connectivity index is 2.35. The molecule has 0 aliphatic heterocycles. The van der Waals surface area contributed by atoms with E-state index in [1.807, 2.05) is 44.3 Å². The van der Waals surface area contributed by atoms with Gasteiger partial charge in [-0.3, -0.25) is 0 Å². The van der Waals surface area contributed by atoms with Gasteiger partial charge < -0.3 is 10.1 Å². The lowest BCUT2D eigenvalue weighted by Crippen LogP contribution is -2.03. The molecule has 5 heteroatoms. The number of halogens is 1. The maximum Gasteiger partial charge on any atom is 0.157 e. The number of rotatable bonds is 5. The minimum atomic E-state index is 0.426. The normalized spacial score (nSPS) is 10.5. The van der Waals surface area contributed by atoms with Crippen LogP contribution in [-0.2, 0) is 11.3 Å². The fraction of sp³-hybridized carbons (Fsp3) is 0.286. The molecule has 1 aromatic carbocycles. The fourth-order valence-corrected chi connectivity index (χ4v) is 1.92. The Kier molecular flexibility index (Phi) is 4.87. The van der Waals surface area contributed by atoms with E-state index >= 15 is 0 Å². The minimum Gasteiger partial charge on any atom is -0.374 e. The highest BCUT2D eigenvalue weighted by molar-refractivity contribution is 9.10. The number of benzene rings is 1. The summed E-state index contributed by atoms with van der Waals surface area (Å²) in [5.41, 5.74) is 1.95. The summed E-state index contributed by atoms with van der Waals surface area (Å²) in [6.07, 6.45) is 0. The number of nitrogens with zero attached hydrogens (tertiary/aromatic N) is 2. The zero-order chi connectivity index (χ0) is 13.7. The summed E-state index contributed by atoms with van der Waals surface area (Å²) in [6, 6.07) is 9.97. The lowest BCUT2D eigenvalue weighted by molar-refractivity contribution is 0.128. The first-order valence-electron chi connectivity index (χ1n) is 6.12. The Morgan fingerprint density at radius 1 is 1.21 bits per heavy atom. The molecule has 4 nitrogen and oxygen atoms in total. The minimum absolute atomic E-state index is 0.426. The number of ether oxygens (including phenoxy) is 1. The van der Waals surface area contributed by atoms with Crippen LogP contribution >= 0.6 is 15.9 Å². The Labute approximate surface area is 121 Å². The standard InChI is InChI=1S/C14H16BrN3O/c1-3-19-9-14-17-12(8-13(16-2)18-14)10-4-6-11(15)7-5-10/h4-8H,3,9H2,1-2H3,(H,16,17,18). The van der Waals surface area contributed by atoms with Crippen molar-refractivity contribution >= 4 is 21.7 Å². The molecule has 0 saturated carbocycles. The summed E-state index contributed by atoms with van der Waals surface area (Å²) < 4.78 is 6.42. The molecule has 0 aliphatic rings. The maximum atomic E-state index is 5.37. The van der Waals surface area contributed by atoms with Crippen molar-refractivity contribution < 1.29 is 4.74 Å². The molecule has 0 aliphatic carbocycles. The molecule has 0 bridgehead atoms. The van der Waals surface area contributed by atoms with Gasteiger partial charge in [0, 0.05) is 29.8 Å². The molecule has 0 amide bonds. The number of hydrogen-bond acceptors (Lipinski definition) is 4. The van der Waals surface area contributed by atoms with E-state index in [0.717, 1.165) is 21.5 Å². The lowest BCUT2D eigenvalue weighted by Gasteiger charge is -2.08. The fourth-order valence-electron chi connectivity index (χ4n) is 1.65. The van der Waals surface area contributed by atoms with Crippen molar-refractivity contribution in [2.45, 2.75) is 13.5 Å². The predicted molar refractivity (Wildman–Crippen MR) is 80.0 cm³/mol. The van der Waals surface area contributed by atoms with Crippen LogP contribution in [0.15, 0.2) is 34.8 Å². The van der Waals surface area contributed by atoms with Crippen LogP contribution in [0, 0.1) is 0 Å². The van der Waals surface area contributed by atoms with E-state index in [1.54, 1.807) is 0 Å². The van der Waals surface area contributed by atoms with Crippen molar-refractivity contribution in [2.75, 3.05) is 19.0 Å². The SMILES string of the molecule is CCOCc1nc(NC)cc(-c2ccc(Br)cc2)n1. The molecule has 19 heavy (non-hydrogen) atoms. The molecule has 0 spiro atoms. The zero-order valence-electron chi connectivity index (χ0n) is 11.0. The highest BCUT2D eigenvalue weighted by Crippen LogP contribution is 2.22. The lowest BCUT2D eigenvalue weighted by atomic mass is 10.1. The van der Waals surface area contributed by atoms with E-state index in [2.05, 4.69) is 31.2 Å². The van der Waals surface area contributed by atoms with Gasteiger partial charge in [-0.25, -0.2) is 9.97 Å². The van der Waals surface area contributed by atoms with Gasteiger partial charge in [-0.1, -0.05) is 28.1 Å². The smallest absolute Gasteiger partial charge is 0.157 e. The van der Waals surface area contributed by atoms with Crippen molar-refractivity contribution in [3.05, 3.63) is 40.6 Å². The van der Waals surface area contributed by atoms with E-state index < -0.39 is 0 Å². The third-order valence-electron chi connectivity index (χ3n) is 2.60. The van der Waals surface area contributed by atoms with Gasteiger partial charge in [0.2, 0.25) is 0 Å². The van der Waals surface area contributed by atoms with Gasteiger partial charge in [-0.15, -0.1) is 0 Å². The van der Waals surface area contributed by atoms with Gasteiger partial charge in [-0.05, 0) is 19.1 Å². The van der Waals surface area contributed by atoms with Gasteiger partial charge in [0.1, 0.15) is 12.4 Å². The summed E-state index contributed by atoms with van der Waals surface area (Å²) in [5.74, 6) is 1.48. The van der Waals surface area contributed by atoms with Crippen molar-refractivity contribution in [3.63, 3.8) is 0 Å². The van der Waals surface area contributed by atoms with Crippen LogP contribution in [-0.4, -0.2) is 23.6 Å². The molecule has 1 N–H and O–H groups in total. The Hall–Kier alpha value is -1.46. The summed E-state index contributed by atoms with van der Waals surface area (Å²) in [5, 5.41) is 3.05. The molecular formula is C14H16BrN3O. The summed E-state index contributed by atoms with van der Waals surface area (Å²) in [7, 11) is 1.85. The highest BCUT2D eigenvalue weighted by atomic mass is 79.9. The van der Waals surface area contributed by atoms with Crippen molar-refractivity contribution in [2.24, 2.45) is 0 Å². The average molecular weight is 322 g/mol. The van der Waals surface area contributed by atoms with Crippen LogP contribution < -0.4 is 5.32 Å². The molecule has 2 aromatic rings. The molecule has 0 unspecified atom stereocenters. The first kappa shape index (κ1) is 14.0. The molecular weight excluding hydrogens is 306 g/mol. The molecule has 0 atom stereocenters. The van der Waals surface area contributed by atoms with E-state index in [4.69, 9.17) is 4.74 Å². The molecule has 0 fully saturated rings. The van der Waals surface area contributed by atoms with Gasteiger partial charge >= 0.3 is 0 Å². The van der Waals surface area contributed by atoms with Gasteiger partial charge in [0.25, 0.3) is 0 Å². The topological polar surface area (TPSA) is 47.0 Å². The Morgan fingerprint density at radius 2 is 1.95 bits per heavy atom. The zero-order valence-corrected chi connectivity index (χ0v) is 12.6. The van der Waals surface area contributed by atoms with Crippen molar-refractivity contribution in [1.29, 1.82) is 0 Å². The highest BCUT2D eigenvalue weighted by Gasteiger charge is 2.06. The number of aromatic nitrogens is 2. The molecule has 2 rings (SSSR count). The van der Waals surface area contributed by atoms with E-state index in [1.165, 1.54) is 0 Å². The first-order valence-corrected chi connectivity index (χ1v) is 6.91. The van der Waals surface area contributed by atoms with Gasteiger partial charge in [-0.2, -0.15) is 0 Å².